The largest absolute Gasteiger partial charge is 0.297 e. The molecule has 0 spiro atoms. The van der Waals surface area contributed by atoms with Crippen LogP contribution in [0.4, 0.5) is 5.13 Å². The lowest BCUT2D eigenvalue weighted by Gasteiger charge is -2.14. The lowest BCUT2D eigenvalue weighted by Crippen LogP contribution is -2.14. The molecule has 0 bridgehead atoms. The number of carbonyl (C=O) groups is 1. The number of thiophene rings is 1. The van der Waals surface area contributed by atoms with Gasteiger partial charge in [0.25, 0.3) is 5.91 Å². The van der Waals surface area contributed by atoms with Crippen LogP contribution in [-0.4, -0.2) is 15.9 Å². The van der Waals surface area contributed by atoms with Crippen molar-refractivity contribution in [3.8, 4) is 10.6 Å². The molecule has 0 aliphatic carbocycles. The second kappa shape index (κ2) is 6.14. The molecule has 0 saturated heterocycles. The van der Waals surface area contributed by atoms with Crippen LogP contribution in [0.1, 0.15) is 41.8 Å². The van der Waals surface area contributed by atoms with E-state index in [-0.39, 0.29) is 11.3 Å². The SMILES string of the molecule is Cc1nc(-c2ccsc2)sc1C(=O)Nc1nc(C(C)(C)C)cs1. The Morgan fingerprint density at radius 3 is 2.61 bits per heavy atom. The number of thiazole rings is 2. The first-order valence-electron chi connectivity index (χ1n) is 7.12. The summed E-state index contributed by atoms with van der Waals surface area (Å²) in [5.41, 5.74) is 2.77. The minimum atomic E-state index is -0.142. The first kappa shape index (κ1) is 16.3. The van der Waals surface area contributed by atoms with Crippen molar-refractivity contribution in [3.63, 3.8) is 0 Å². The lowest BCUT2D eigenvalue weighted by molar-refractivity contribution is 0.102. The summed E-state index contributed by atoms with van der Waals surface area (Å²) < 4.78 is 0. The Hall–Kier alpha value is -1.57. The molecule has 0 aliphatic heterocycles. The minimum Gasteiger partial charge on any atom is -0.297 e. The highest BCUT2D eigenvalue weighted by Gasteiger charge is 2.20. The molecule has 23 heavy (non-hydrogen) atoms. The number of aryl methyl sites for hydroxylation is 1. The highest BCUT2D eigenvalue weighted by molar-refractivity contribution is 7.18. The molecule has 0 radical (unpaired) electrons. The summed E-state index contributed by atoms with van der Waals surface area (Å²) in [6.07, 6.45) is 0. The molecule has 0 aliphatic rings. The molecule has 1 N–H and O–H groups in total. The van der Waals surface area contributed by atoms with Gasteiger partial charge in [-0.25, -0.2) is 9.97 Å². The number of anilines is 1. The van der Waals surface area contributed by atoms with Gasteiger partial charge in [-0.15, -0.1) is 22.7 Å². The molecule has 3 aromatic heterocycles. The Kier molecular flexibility index (Phi) is 4.35. The first-order valence-corrected chi connectivity index (χ1v) is 9.76. The normalized spacial score (nSPS) is 11.7. The van der Waals surface area contributed by atoms with Crippen LogP contribution in [0, 0.1) is 6.92 Å². The van der Waals surface area contributed by atoms with E-state index in [0.29, 0.717) is 10.0 Å². The minimum absolute atomic E-state index is 0.0218. The summed E-state index contributed by atoms with van der Waals surface area (Å²) in [5.74, 6) is -0.142. The average molecular weight is 364 g/mol. The average Bonchev–Trinajstić information content (AvgIpc) is 3.15. The topological polar surface area (TPSA) is 54.9 Å². The Labute approximate surface area is 147 Å². The maximum Gasteiger partial charge on any atom is 0.269 e. The molecular weight excluding hydrogens is 346 g/mol. The molecule has 3 heterocycles. The molecule has 0 aromatic carbocycles. The Morgan fingerprint density at radius 2 is 2.00 bits per heavy atom. The Bertz CT molecular complexity index is 825. The van der Waals surface area contributed by atoms with E-state index in [1.807, 2.05) is 29.1 Å². The zero-order valence-corrected chi connectivity index (χ0v) is 15.8. The van der Waals surface area contributed by atoms with Gasteiger partial charge < -0.3 is 0 Å². The number of amides is 1. The van der Waals surface area contributed by atoms with Gasteiger partial charge in [-0.05, 0) is 18.4 Å². The van der Waals surface area contributed by atoms with Crippen LogP contribution in [0.5, 0.6) is 0 Å². The van der Waals surface area contributed by atoms with Crippen molar-refractivity contribution in [3.05, 3.63) is 38.5 Å². The number of carbonyl (C=O) groups excluding carboxylic acids is 1. The van der Waals surface area contributed by atoms with Crippen LogP contribution >= 0.6 is 34.0 Å². The van der Waals surface area contributed by atoms with Crippen LogP contribution in [-0.2, 0) is 5.41 Å². The summed E-state index contributed by atoms with van der Waals surface area (Å²) in [7, 11) is 0. The summed E-state index contributed by atoms with van der Waals surface area (Å²) in [5, 5.41) is 10.4. The summed E-state index contributed by atoms with van der Waals surface area (Å²) in [4.78, 5) is 22.2. The van der Waals surface area contributed by atoms with E-state index in [1.165, 1.54) is 22.7 Å². The second-order valence-corrected chi connectivity index (χ2v) is 8.82. The molecule has 120 valence electrons. The van der Waals surface area contributed by atoms with E-state index < -0.39 is 0 Å². The molecule has 0 saturated carbocycles. The highest BCUT2D eigenvalue weighted by atomic mass is 32.1. The van der Waals surface area contributed by atoms with Crippen molar-refractivity contribution in [2.24, 2.45) is 0 Å². The fourth-order valence-electron chi connectivity index (χ4n) is 1.95. The lowest BCUT2D eigenvalue weighted by atomic mass is 9.93. The van der Waals surface area contributed by atoms with Gasteiger partial charge in [0.15, 0.2) is 5.13 Å². The number of hydrogen-bond acceptors (Lipinski definition) is 6. The number of nitrogens with zero attached hydrogens (tertiary/aromatic N) is 2. The Morgan fingerprint density at radius 1 is 1.22 bits per heavy atom. The van der Waals surface area contributed by atoms with Gasteiger partial charge in [0, 0.05) is 21.7 Å². The van der Waals surface area contributed by atoms with Gasteiger partial charge in [0.2, 0.25) is 0 Å². The van der Waals surface area contributed by atoms with Gasteiger partial charge in [0.05, 0.1) is 11.4 Å². The van der Waals surface area contributed by atoms with Gasteiger partial charge in [0.1, 0.15) is 9.88 Å². The van der Waals surface area contributed by atoms with E-state index in [0.717, 1.165) is 22.0 Å². The zero-order valence-electron chi connectivity index (χ0n) is 13.3. The van der Waals surface area contributed by atoms with Crippen LogP contribution in [0.15, 0.2) is 22.2 Å². The van der Waals surface area contributed by atoms with Crippen molar-refractivity contribution in [2.75, 3.05) is 5.32 Å². The smallest absolute Gasteiger partial charge is 0.269 e. The van der Waals surface area contributed by atoms with Crippen molar-refractivity contribution in [2.45, 2.75) is 33.1 Å². The molecule has 0 fully saturated rings. The standard InChI is InChI=1S/C16H17N3OS3/c1-9-12(23-14(17-9)10-5-6-21-7-10)13(20)19-15-18-11(8-22-15)16(2,3)4/h5-8H,1-4H3,(H,18,19,20). The van der Waals surface area contributed by atoms with Gasteiger partial charge in [-0.3, -0.25) is 10.1 Å². The van der Waals surface area contributed by atoms with Gasteiger partial charge in [-0.2, -0.15) is 11.3 Å². The van der Waals surface area contributed by atoms with Gasteiger partial charge in [-0.1, -0.05) is 20.8 Å². The molecule has 7 heteroatoms. The third-order valence-corrected chi connectivity index (χ3v) is 5.91. The molecule has 3 aromatic rings. The first-order chi connectivity index (χ1) is 10.8. The van der Waals surface area contributed by atoms with E-state index in [9.17, 15) is 4.79 Å². The molecule has 3 rings (SSSR count). The molecule has 0 atom stereocenters. The van der Waals surface area contributed by atoms with Crippen LogP contribution < -0.4 is 5.32 Å². The third-order valence-electron chi connectivity index (χ3n) is 3.26. The number of rotatable bonds is 3. The van der Waals surface area contributed by atoms with Crippen LogP contribution in [0.3, 0.4) is 0 Å². The van der Waals surface area contributed by atoms with E-state index >= 15 is 0 Å². The van der Waals surface area contributed by atoms with E-state index in [4.69, 9.17) is 0 Å². The predicted octanol–water partition coefficient (Wildman–Crippen LogP) is 5.19. The number of hydrogen-bond donors (Lipinski definition) is 1. The second-order valence-electron chi connectivity index (χ2n) is 6.19. The quantitative estimate of drug-likeness (QED) is 0.697. The van der Waals surface area contributed by atoms with Gasteiger partial charge >= 0.3 is 0 Å². The summed E-state index contributed by atoms with van der Waals surface area (Å²) in [6, 6.07) is 2.01. The maximum absolute atomic E-state index is 12.5. The number of nitrogens with one attached hydrogen (secondary N) is 1. The van der Waals surface area contributed by atoms with Crippen molar-refractivity contribution >= 4 is 45.0 Å². The molecule has 4 nitrogen and oxygen atoms in total. The fraction of sp³-hybridized carbons (Fsp3) is 0.312. The van der Waals surface area contributed by atoms with Crippen molar-refractivity contribution in [1.29, 1.82) is 0 Å². The highest BCUT2D eigenvalue weighted by Crippen LogP contribution is 2.31. The predicted molar refractivity (Wildman–Crippen MR) is 98.9 cm³/mol. The van der Waals surface area contributed by atoms with E-state index in [1.54, 1.807) is 11.3 Å². The fourth-order valence-corrected chi connectivity index (χ4v) is 4.55. The van der Waals surface area contributed by atoms with E-state index in [2.05, 4.69) is 36.1 Å². The summed E-state index contributed by atoms with van der Waals surface area (Å²) >= 11 is 4.49. The monoisotopic (exact) mass is 363 g/mol. The zero-order chi connectivity index (χ0) is 16.6. The Balaban J connectivity index is 1.80. The van der Waals surface area contributed by atoms with Crippen molar-refractivity contribution < 1.29 is 4.79 Å². The van der Waals surface area contributed by atoms with Crippen LogP contribution in [0.2, 0.25) is 0 Å². The molecule has 0 unspecified atom stereocenters. The summed E-state index contributed by atoms with van der Waals surface area (Å²) in [6.45, 7) is 8.18. The maximum atomic E-state index is 12.5. The van der Waals surface area contributed by atoms with Crippen molar-refractivity contribution in [1.82, 2.24) is 9.97 Å². The van der Waals surface area contributed by atoms with Crippen LogP contribution in [0.25, 0.3) is 10.6 Å². The third kappa shape index (κ3) is 3.52. The molecular formula is C16H17N3OS3. The molecule has 1 amide bonds. The number of aromatic nitrogens is 2.